The van der Waals surface area contributed by atoms with Crippen molar-refractivity contribution in [2.75, 3.05) is 32.8 Å². The van der Waals surface area contributed by atoms with Crippen LogP contribution in [0.2, 0.25) is 0 Å². The lowest BCUT2D eigenvalue weighted by Gasteiger charge is -2.49. The highest BCUT2D eigenvalue weighted by atomic mass is 32.1. The Labute approximate surface area is 66.3 Å². The minimum Gasteiger partial charge on any atom is -0.370 e. The van der Waals surface area contributed by atoms with E-state index in [1.807, 2.05) is 4.31 Å². The molecule has 3 nitrogen and oxygen atoms in total. The highest BCUT2D eigenvalue weighted by Gasteiger charge is 2.43. The fourth-order valence-electron chi connectivity index (χ4n) is 1.53. The fraction of sp³-hybridized carbons (Fsp3) is 1.00. The third kappa shape index (κ3) is 1.05. The molecule has 0 bridgehead atoms. The molecular weight excluding hydrogens is 148 g/mol. The first-order valence-corrected chi connectivity index (χ1v) is 3.99. The summed E-state index contributed by atoms with van der Waals surface area (Å²) in [4.78, 5) is 0. The molecule has 0 saturated carbocycles. The highest BCUT2D eigenvalue weighted by Crippen LogP contribution is 2.26. The Morgan fingerprint density at radius 2 is 2.30 bits per heavy atom. The summed E-state index contributed by atoms with van der Waals surface area (Å²) < 4.78 is 7.60. The van der Waals surface area contributed by atoms with Gasteiger partial charge in [0.15, 0.2) is 0 Å². The van der Waals surface area contributed by atoms with Crippen LogP contribution in [-0.2, 0) is 4.74 Å². The standard InChI is InChI=1S/C6H12N2OS/c10-8-4-6(5-8)3-7-1-2-9-6/h7,10H,1-5H2. The van der Waals surface area contributed by atoms with E-state index in [1.54, 1.807) is 0 Å². The molecule has 0 radical (unpaired) electrons. The number of thiol groups is 1. The van der Waals surface area contributed by atoms with Gasteiger partial charge in [-0.15, -0.1) is 0 Å². The maximum absolute atomic E-state index is 5.62. The normalized spacial score (nSPS) is 32.1. The fourth-order valence-corrected chi connectivity index (χ4v) is 2.04. The molecule has 10 heavy (non-hydrogen) atoms. The summed E-state index contributed by atoms with van der Waals surface area (Å²) in [5, 5.41) is 3.31. The highest BCUT2D eigenvalue weighted by molar-refractivity contribution is 7.77. The van der Waals surface area contributed by atoms with Crippen molar-refractivity contribution < 1.29 is 4.74 Å². The van der Waals surface area contributed by atoms with Gasteiger partial charge in [-0.3, -0.25) is 0 Å². The van der Waals surface area contributed by atoms with Crippen LogP contribution in [0.1, 0.15) is 0 Å². The Kier molecular flexibility index (Phi) is 1.64. The van der Waals surface area contributed by atoms with Crippen LogP contribution in [0.15, 0.2) is 0 Å². The van der Waals surface area contributed by atoms with E-state index in [4.69, 9.17) is 4.74 Å². The minimum absolute atomic E-state index is 0.111. The Balaban J connectivity index is 1.90. The average molecular weight is 160 g/mol. The Morgan fingerprint density at radius 3 is 2.80 bits per heavy atom. The second-order valence-corrected chi connectivity index (χ2v) is 3.60. The van der Waals surface area contributed by atoms with Crippen molar-refractivity contribution in [3.05, 3.63) is 0 Å². The molecule has 0 aliphatic carbocycles. The largest absolute Gasteiger partial charge is 0.370 e. The second-order valence-electron chi connectivity index (χ2n) is 3.03. The van der Waals surface area contributed by atoms with Crippen LogP contribution in [0.5, 0.6) is 0 Å². The maximum atomic E-state index is 5.62. The Morgan fingerprint density at radius 1 is 1.50 bits per heavy atom. The van der Waals surface area contributed by atoms with Crippen molar-refractivity contribution in [2.45, 2.75) is 5.60 Å². The van der Waals surface area contributed by atoms with Crippen molar-refractivity contribution in [3.63, 3.8) is 0 Å². The first kappa shape index (κ1) is 6.91. The average Bonchev–Trinajstić information content (AvgIpc) is 1.87. The van der Waals surface area contributed by atoms with Crippen LogP contribution in [0.3, 0.4) is 0 Å². The molecule has 1 spiro atoms. The number of nitrogens with zero attached hydrogens (tertiary/aromatic N) is 1. The van der Waals surface area contributed by atoms with Crippen LogP contribution in [0.4, 0.5) is 0 Å². The topological polar surface area (TPSA) is 24.5 Å². The van der Waals surface area contributed by atoms with E-state index in [1.165, 1.54) is 0 Å². The van der Waals surface area contributed by atoms with Crippen molar-refractivity contribution in [2.24, 2.45) is 0 Å². The molecule has 0 aromatic rings. The number of ether oxygens (including phenoxy) is 1. The molecule has 2 saturated heterocycles. The van der Waals surface area contributed by atoms with E-state index in [0.717, 1.165) is 32.8 Å². The van der Waals surface area contributed by atoms with E-state index in [9.17, 15) is 0 Å². The smallest absolute Gasteiger partial charge is 0.108 e. The summed E-state index contributed by atoms with van der Waals surface area (Å²) in [6, 6.07) is 0. The molecule has 0 aromatic heterocycles. The second kappa shape index (κ2) is 2.37. The summed E-state index contributed by atoms with van der Waals surface area (Å²) in [6.45, 7) is 4.76. The molecule has 4 heteroatoms. The summed E-state index contributed by atoms with van der Waals surface area (Å²) in [6.07, 6.45) is 0. The lowest BCUT2D eigenvalue weighted by molar-refractivity contribution is -0.126. The van der Waals surface area contributed by atoms with Gasteiger partial charge in [-0.1, -0.05) is 12.8 Å². The van der Waals surface area contributed by atoms with Gasteiger partial charge in [0.05, 0.1) is 6.61 Å². The summed E-state index contributed by atoms with van der Waals surface area (Å²) in [7, 11) is 0. The molecule has 58 valence electrons. The van der Waals surface area contributed by atoms with Gasteiger partial charge >= 0.3 is 0 Å². The van der Waals surface area contributed by atoms with E-state index >= 15 is 0 Å². The minimum atomic E-state index is 0.111. The lowest BCUT2D eigenvalue weighted by Crippen LogP contribution is -2.67. The molecule has 2 fully saturated rings. The number of hydrogen-bond donors (Lipinski definition) is 2. The molecule has 1 N–H and O–H groups in total. The first-order valence-electron chi connectivity index (χ1n) is 3.59. The predicted octanol–water partition coefficient (Wildman–Crippen LogP) is -0.495. The van der Waals surface area contributed by atoms with Crippen molar-refractivity contribution in [1.82, 2.24) is 9.62 Å². The van der Waals surface area contributed by atoms with Crippen molar-refractivity contribution in [1.29, 1.82) is 0 Å². The van der Waals surface area contributed by atoms with Crippen LogP contribution < -0.4 is 5.32 Å². The van der Waals surface area contributed by atoms with E-state index in [0.29, 0.717) is 0 Å². The zero-order valence-electron chi connectivity index (χ0n) is 5.84. The third-order valence-electron chi connectivity index (χ3n) is 2.08. The van der Waals surface area contributed by atoms with Gasteiger partial charge in [0.1, 0.15) is 5.60 Å². The Hall–Kier alpha value is 0.230. The van der Waals surface area contributed by atoms with Crippen LogP contribution in [0.25, 0.3) is 0 Å². The monoisotopic (exact) mass is 160 g/mol. The zero-order chi connectivity index (χ0) is 7.03. The van der Waals surface area contributed by atoms with Gasteiger partial charge in [0.2, 0.25) is 0 Å². The zero-order valence-corrected chi connectivity index (χ0v) is 6.73. The maximum Gasteiger partial charge on any atom is 0.108 e. The first-order chi connectivity index (χ1) is 4.81. The molecule has 2 aliphatic rings. The molecule has 0 atom stereocenters. The molecule has 2 aliphatic heterocycles. The molecule has 0 aromatic carbocycles. The van der Waals surface area contributed by atoms with Gasteiger partial charge in [0.25, 0.3) is 0 Å². The van der Waals surface area contributed by atoms with Crippen LogP contribution in [0, 0.1) is 0 Å². The SMILES string of the molecule is SN1CC2(CNCCO2)C1. The van der Waals surface area contributed by atoms with E-state index < -0.39 is 0 Å². The molecule has 0 amide bonds. The predicted molar refractivity (Wildman–Crippen MR) is 42.1 cm³/mol. The lowest BCUT2D eigenvalue weighted by atomic mass is 9.96. The molecular formula is C6H12N2OS. The molecule has 0 unspecified atom stereocenters. The van der Waals surface area contributed by atoms with Crippen LogP contribution >= 0.6 is 12.8 Å². The van der Waals surface area contributed by atoms with E-state index in [-0.39, 0.29) is 5.60 Å². The summed E-state index contributed by atoms with van der Waals surface area (Å²) in [5.74, 6) is 0. The van der Waals surface area contributed by atoms with Gasteiger partial charge in [-0.25, -0.2) is 4.31 Å². The number of nitrogens with one attached hydrogen (secondary N) is 1. The van der Waals surface area contributed by atoms with Gasteiger partial charge < -0.3 is 10.1 Å². The number of hydrogen-bond acceptors (Lipinski definition) is 4. The quantitative estimate of drug-likeness (QED) is 0.468. The molecule has 2 heterocycles. The van der Waals surface area contributed by atoms with Gasteiger partial charge in [-0.05, 0) is 0 Å². The van der Waals surface area contributed by atoms with Crippen LogP contribution in [-0.4, -0.2) is 42.7 Å². The van der Waals surface area contributed by atoms with Crippen molar-refractivity contribution >= 4 is 12.8 Å². The summed E-state index contributed by atoms with van der Waals surface area (Å²) >= 11 is 4.19. The van der Waals surface area contributed by atoms with Crippen molar-refractivity contribution in [3.8, 4) is 0 Å². The van der Waals surface area contributed by atoms with Gasteiger partial charge in [0, 0.05) is 26.2 Å². The van der Waals surface area contributed by atoms with Gasteiger partial charge in [-0.2, -0.15) is 0 Å². The number of rotatable bonds is 0. The van der Waals surface area contributed by atoms with E-state index in [2.05, 4.69) is 18.1 Å². The summed E-state index contributed by atoms with van der Waals surface area (Å²) in [5.41, 5.74) is 0.111. The molecule has 2 rings (SSSR count). The number of morpholine rings is 1. The Bertz CT molecular complexity index is 120. The third-order valence-corrected chi connectivity index (χ3v) is 2.36.